The lowest BCUT2D eigenvalue weighted by Crippen LogP contribution is -2.19. The topological polar surface area (TPSA) is 21.7 Å². The van der Waals surface area contributed by atoms with Gasteiger partial charge in [-0.15, -0.1) is 6.42 Å². The van der Waals surface area contributed by atoms with E-state index < -0.39 is 0 Å². The van der Waals surface area contributed by atoms with Gasteiger partial charge in [0.25, 0.3) is 0 Å². The van der Waals surface area contributed by atoms with Gasteiger partial charge in [-0.25, -0.2) is 0 Å². The molecule has 1 aliphatic heterocycles. The molecule has 0 fully saturated rings. The van der Waals surface area contributed by atoms with Crippen LogP contribution in [0, 0.1) is 12.3 Å². The van der Waals surface area contributed by atoms with Crippen molar-refractivity contribution in [3.05, 3.63) is 59.8 Å². The second kappa shape index (κ2) is 6.83. The van der Waals surface area contributed by atoms with Crippen molar-refractivity contribution in [3.63, 3.8) is 0 Å². The molecule has 0 unspecified atom stereocenters. The number of methoxy groups -OCH3 is 1. The van der Waals surface area contributed by atoms with Crippen LogP contribution in [0.15, 0.2) is 54.3 Å². The van der Waals surface area contributed by atoms with Crippen LogP contribution in [0.5, 0.6) is 5.75 Å². The van der Waals surface area contributed by atoms with E-state index in [-0.39, 0.29) is 0 Å². The molecule has 0 atom stereocenters. The number of likely N-dealkylation sites (N-methyl/N-ethyl adjacent to an activating group) is 1. The Morgan fingerprint density at radius 3 is 2.52 bits per heavy atom. The molecule has 21 heavy (non-hydrogen) atoms. The number of ether oxygens (including phenoxy) is 2. The zero-order valence-corrected chi connectivity index (χ0v) is 12.4. The maximum atomic E-state index is 5.56. The van der Waals surface area contributed by atoms with Crippen LogP contribution in [-0.4, -0.2) is 32.3 Å². The molecule has 0 N–H and O–H groups in total. The number of hydrogen-bond acceptors (Lipinski definition) is 3. The number of hydrogen-bond donors (Lipinski definition) is 0. The maximum Gasteiger partial charge on any atom is 0.119 e. The van der Waals surface area contributed by atoms with Gasteiger partial charge in [0.1, 0.15) is 12.4 Å². The average molecular weight is 281 g/mol. The third-order valence-corrected chi connectivity index (χ3v) is 3.35. The minimum Gasteiger partial charge on any atom is -0.491 e. The van der Waals surface area contributed by atoms with Crippen LogP contribution in [0.4, 0.5) is 0 Å². The van der Waals surface area contributed by atoms with Crippen molar-refractivity contribution in [1.82, 2.24) is 4.90 Å². The van der Waals surface area contributed by atoms with Gasteiger partial charge in [0.2, 0.25) is 0 Å². The first-order chi connectivity index (χ1) is 10.2. The molecule has 0 saturated carbocycles. The Balaban J connectivity index is 2.16. The van der Waals surface area contributed by atoms with E-state index in [0.717, 1.165) is 28.3 Å². The van der Waals surface area contributed by atoms with E-state index in [1.807, 2.05) is 48.4 Å². The van der Waals surface area contributed by atoms with Gasteiger partial charge in [0.05, 0.1) is 6.61 Å². The van der Waals surface area contributed by atoms with Crippen LogP contribution in [0.25, 0.3) is 5.70 Å². The highest BCUT2D eigenvalue weighted by Gasteiger charge is 2.16. The predicted octanol–water partition coefficient (Wildman–Crippen LogP) is 3.07. The first-order valence-corrected chi connectivity index (χ1v) is 6.71. The predicted molar refractivity (Wildman–Crippen MR) is 85.6 cm³/mol. The number of rotatable bonds is 5. The van der Waals surface area contributed by atoms with E-state index in [2.05, 4.69) is 12.5 Å². The minimum absolute atomic E-state index is 0.545. The highest BCUT2D eigenvalue weighted by molar-refractivity contribution is 5.72. The van der Waals surface area contributed by atoms with Crippen LogP contribution in [-0.2, 0) is 4.74 Å². The van der Waals surface area contributed by atoms with Gasteiger partial charge in [-0.1, -0.05) is 12.5 Å². The van der Waals surface area contributed by atoms with Gasteiger partial charge in [-0.3, -0.25) is 0 Å². The maximum absolute atomic E-state index is 5.56. The lowest BCUT2D eigenvalue weighted by atomic mass is 10.0. The van der Waals surface area contributed by atoms with E-state index >= 15 is 0 Å². The van der Waals surface area contributed by atoms with E-state index in [0.29, 0.717) is 13.2 Å². The molecule has 1 heterocycles. The summed E-state index contributed by atoms with van der Waals surface area (Å²) in [5, 5.41) is 0. The fourth-order valence-corrected chi connectivity index (χ4v) is 2.08. The van der Waals surface area contributed by atoms with Gasteiger partial charge in [0.15, 0.2) is 0 Å². The van der Waals surface area contributed by atoms with Gasteiger partial charge in [0, 0.05) is 31.1 Å². The van der Waals surface area contributed by atoms with Crippen molar-refractivity contribution in [3.8, 4) is 18.1 Å². The van der Waals surface area contributed by atoms with E-state index in [1.165, 1.54) is 0 Å². The SMILES string of the molecule is C#CC1=CC=C(c2ccc(OCCOC)cc2)N(C)C1=C. The van der Waals surface area contributed by atoms with Crippen molar-refractivity contribution in [2.45, 2.75) is 0 Å². The molecular formula is C18H19NO2. The normalized spacial score (nSPS) is 14.3. The summed E-state index contributed by atoms with van der Waals surface area (Å²) in [4.78, 5) is 2.00. The Labute approximate surface area is 126 Å². The first kappa shape index (κ1) is 15.0. The lowest BCUT2D eigenvalue weighted by molar-refractivity contribution is 0.146. The molecule has 0 aromatic heterocycles. The fraction of sp³-hybridized carbons (Fsp3) is 0.222. The van der Waals surface area contributed by atoms with E-state index in [4.69, 9.17) is 15.9 Å². The molecule has 3 heteroatoms. The molecule has 0 bridgehead atoms. The Hall–Kier alpha value is -2.44. The molecule has 1 aromatic carbocycles. The number of terminal acetylenes is 1. The molecule has 0 amide bonds. The first-order valence-electron chi connectivity index (χ1n) is 6.71. The molecular weight excluding hydrogens is 262 g/mol. The molecule has 108 valence electrons. The summed E-state index contributed by atoms with van der Waals surface area (Å²) >= 11 is 0. The number of allylic oxidation sites excluding steroid dienone is 3. The van der Waals surface area contributed by atoms with Crippen LogP contribution in [0.2, 0.25) is 0 Å². The van der Waals surface area contributed by atoms with Crippen LogP contribution >= 0.6 is 0 Å². The number of nitrogens with zero attached hydrogens (tertiary/aromatic N) is 1. The molecule has 1 aliphatic rings. The standard InChI is InChI=1S/C18H19NO2/c1-5-15-8-11-18(19(3)14(15)2)16-6-9-17(10-7-16)21-13-12-20-4/h1,6-11H,2,12-13H2,3-4H3. The van der Waals surface area contributed by atoms with Crippen molar-refractivity contribution in [2.75, 3.05) is 27.4 Å². The molecule has 3 nitrogen and oxygen atoms in total. The van der Waals surface area contributed by atoms with Gasteiger partial charge < -0.3 is 14.4 Å². The summed E-state index contributed by atoms with van der Waals surface area (Å²) in [7, 11) is 3.62. The Kier molecular flexibility index (Phi) is 4.86. The highest BCUT2D eigenvalue weighted by Crippen LogP contribution is 2.29. The van der Waals surface area contributed by atoms with Gasteiger partial charge >= 0.3 is 0 Å². The molecule has 0 radical (unpaired) electrons. The third-order valence-electron chi connectivity index (χ3n) is 3.35. The fourth-order valence-electron chi connectivity index (χ4n) is 2.08. The monoisotopic (exact) mass is 281 g/mol. The summed E-state index contributed by atoms with van der Waals surface area (Å²) in [6, 6.07) is 7.94. The Morgan fingerprint density at radius 2 is 1.90 bits per heavy atom. The Bertz CT molecular complexity index is 618. The molecule has 0 spiro atoms. The molecule has 0 aliphatic carbocycles. The van der Waals surface area contributed by atoms with Crippen molar-refractivity contribution in [1.29, 1.82) is 0 Å². The van der Waals surface area contributed by atoms with Crippen molar-refractivity contribution < 1.29 is 9.47 Å². The van der Waals surface area contributed by atoms with Gasteiger partial charge in [-0.2, -0.15) is 0 Å². The van der Waals surface area contributed by atoms with Crippen molar-refractivity contribution >= 4 is 5.70 Å². The second-order valence-electron chi connectivity index (χ2n) is 4.65. The minimum atomic E-state index is 0.545. The van der Waals surface area contributed by atoms with Crippen LogP contribution < -0.4 is 4.74 Å². The van der Waals surface area contributed by atoms with Crippen LogP contribution in [0.3, 0.4) is 0 Å². The van der Waals surface area contributed by atoms with Crippen LogP contribution in [0.1, 0.15) is 5.56 Å². The van der Waals surface area contributed by atoms with Gasteiger partial charge in [-0.05, 0) is 42.0 Å². The lowest BCUT2D eigenvalue weighted by Gasteiger charge is -2.28. The summed E-state index contributed by atoms with van der Waals surface area (Å²) in [6.45, 7) is 5.15. The summed E-state index contributed by atoms with van der Waals surface area (Å²) in [6.07, 6.45) is 9.38. The Morgan fingerprint density at radius 1 is 1.19 bits per heavy atom. The van der Waals surface area contributed by atoms with E-state index in [1.54, 1.807) is 7.11 Å². The largest absolute Gasteiger partial charge is 0.491 e. The van der Waals surface area contributed by atoms with Crippen molar-refractivity contribution in [2.24, 2.45) is 0 Å². The number of benzene rings is 1. The average Bonchev–Trinajstić information content (AvgIpc) is 2.51. The molecule has 2 rings (SSSR count). The summed E-state index contributed by atoms with van der Waals surface area (Å²) in [5.74, 6) is 3.46. The summed E-state index contributed by atoms with van der Waals surface area (Å²) < 4.78 is 10.5. The second-order valence-corrected chi connectivity index (χ2v) is 4.65. The molecule has 0 saturated heterocycles. The summed E-state index contributed by atoms with van der Waals surface area (Å²) in [5.41, 5.74) is 3.78. The van der Waals surface area contributed by atoms with E-state index in [9.17, 15) is 0 Å². The molecule has 1 aromatic rings. The zero-order valence-electron chi connectivity index (χ0n) is 12.4. The highest BCUT2D eigenvalue weighted by atomic mass is 16.5. The smallest absolute Gasteiger partial charge is 0.119 e. The third kappa shape index (κ3) is 3.36. The zero-order chi connectivity index (χ0) is 15.2. The quantitative estimate of drug-likeness (QED) is 0.611.